The van der Waals surface area contributed by atoms with Crippen LogP contribution in [0.15, 0.2) is 47.3 Å². The molecule has 0 bridgehead atoms. The second-order valence-corrected chi connectivity index (χ2v) is 13.2. The largest absolute Gasteiger partial charge is 0.497 e. The van der Waals surface area contributed by atoms with Crippen molar-refractivity contribution in [3.05, 3.63) is 64.1 Å². The fraction of sp³-hybridized carbons (Fsp3) is 0.516. The van der Waals surface area contributed by atoms with Crippen molar-refractivity contribution in [3.63, 3.8) is 0 Å². The van der Waals surface area contributed by atoms with Gasteiger partial charge in [-0.3, -0.25) is 28.2 Å². The SMILES string of the molecule is CCOP(=O)(CCn1c(=O)n(C2CCC(=O)N(Cc3ccc(OC)cc3)C2=O)c2ccc(C3CCNCC3)cc21)OCC. The second-order valence-electron chi connectivity index (χ2n) is 11.0. The molecule has 0 spiro atoms. The average Bonchev–Trinajstić information content (AvgIpc) is 3.29. The number of piperidine rings is 2. The van der Waals surface area contributed by atoms with Crippen molar-refractivity contribution in [1.29, 1.82) is 0 Å². The van der Waals surface area contributed by atoms with Gasteiger partial charge in [0.05, 0.1) is 44.1 Å². The molecule has 1 N–H and O–H groups in total. The van der Waals surface area contributed by atoms with Crippen molar-refractivity contribution in [2.45, 2.75) is 64.6 Å². The number of nitrogens with zero attached hydrogens (tertiary/aromatic N) is 3. The van der Waals surface area contributed by atoms with E-state index < -0.39 is 19.5 Å². The zero-order valence-corrected chi connectivity index (χ0v) is 26.0. The number of aromatic nitrogens is 2. The summed E-state index contributed by atoms with van der Waals surface area (Å²) < 4.78 is 32.6. The Labute approximate surface area is 251 Å². The Morgan fingerprint density at radius 3 is 2.28 bits per heavy atom. The molecular formula is C31H41N4O7P. The summed E-state index contributed by atoms with van der Waals surface area (Å²) in [5, 5.41) is 3.39. The van der Waals surface area contributed by atoms with E-state index in [1.54, 1.807) is 37.7 Å². The summed E-state index contributed by atoms with van der Waals surface area (Å²) in [6.45, 7) is 6.02. The molecule has 43 heavy (non-hydrogen) atoms. The number of carbonyl (C=O) groups excluding carboxylic acids is 2. The highest BCUT2D eigenvalue weighted by Gasteiger charge is 2.38. The van der Waals surface area contributed by atoms with Gasteiger partial charge < -0.3 is 19.1 Å². The Hall–Kier alpha value is -3.24. The van der Waals surface area contributed by atoms with Crippen LogP contribution in [0.3, 0.4) is 0 Å². The Bertz CT molecular complexity index is 1550. The van der Waals surface area contributed by atoms with Crippen LogP contribution in [-0.4, -0.2) is 65.4 Å². The standard InChI is InChI=1S/C31H41N4O7P/c1-4-41-43(39,42-5-2)19-18-33-28-20-24(23-14-16-32-17-15-23)8-11-26(28)35(31(33)38)27-12-13-29(36)34(30(27)37)21-22-6-9-25(40-3)10-7-22/h6-11,20,23,27,32H,4-5,12-19,21H2,1-3H3. The number of amides is 2. The van der Waals surface area contributed by atoms with E-state index in [2.05, 4.69) is 5.32 Å². The van der Waals surface area contributed by atoms with Crippen LogP contribution in [0.4, 0.5) is 0 Å². The van der Waals surface area contributed by atoms with Gasteiger partial charge in [0, 0.05) is 13.0 Å². The molecule has 1 unspecified atom stereocenters. The summed E-state index contributed by atoms with van der Waals surface area (Å²) in [4.78, 5) is 42.2. The number of aryl methyl sites for hydroxylation is 1. The summed E-state index contributed by atoms with van der Waals surface area (Å²) in [6.07, 6.45) is 2.37. The number of likely N-dealkylation sites (tertiary alicyclic amines) is 1. The summed E-state index contributed by atoms with van der Waals surface area (Å²) in [7, 11) is -1.85. The predicted octanol–water partition coefficient (Wildman–Crippen LogP) is 4.44. The molecule has 2 aromatic carbocycles. The fourth-order valence-corrected chi connectivity index (χ4v) is 7.71. The van der Waals surface area contributed by atoms with Gasteiger partial charge in [0.15, 0.2) is 0 Å². The number of hydrogen-bond acceptors (Lipinski definition) is 8. The molecule has 2 aliphatic heterocycles. The molecule has 2 fully saturated rings. The molecule has 0 radical (unpaired) electrons. The Kier molecular flexibility index (Phi) is 9.86. The molecule has 232 valence electrons. The first-order chi connectivity index (χ1) is 20.8. The maximum absolute atomic E-state index is 14.1. The first kappa shape index (κ1) is 31.2. The van der Waals surface area contributed by atoms with Crippen LogP contribution < -0.4 is 15.7 Å². The normalized spacial score (nSPS) is 18.5. The molecular weight excluding hydrogens is 571 g/mol. The second kappa shape index (κ2) is 13.6. The van der Waals surface area contributed by atoms with Gasteiger partial charge in [-0.25, -0.2) is 4.79 Å². The molecule has 2 saturated heterocycles. The summed E-state index contributed by atoms with van der Waals surface area (Å²) in [5.74, 6) is 0.352. The van der Waals surface area contributed by atoms with E-state index >= 15 is 0 Å². The third-order valence-corrected chi connectivity index (χ3v) is 10.4. The van der Waals surface area contributed by atoms with Crippen LogP contribution in [0.2, 0.25) is 0 Å². The Morgan fingerprint density at radius 2 is 1.63 bits per heavy atom. The molecule has 12 heteroatoms. The van der Waals surface area contributed by atoms with Crippen molar-refractivity contribution in [2.24, 2.45) is 0 Å². The lowest BCUT2D eigenvalue weighted by Crippen LogP contribution is -2.47. The molecule has 2 amide bonds. The molecule has 1 atom stereocenters. The van der Waals surface area contributed by atoms with Crippen LogP contribution in [0.1, 0.15) is 62.6 Å². The summed E-state index contributed by atoms with van der Waals surface area (Å²) >= 11 is 0. The lowest BCUT2D eigenvalue weighted by atomic mass is 9.90. The van der Waals surface area contributed by atoms with E-state index in [0.29, 0.717) is 22.7 Å². The zero-order valence-electron chi connectivity index (χ0n) is 25.1. The van der Waals surface area contributed by atoms with Crippen LogP contribution in [0.25, 0.3) is 11.0 Å². The molecule has 11 nitrogen and oxygen atoms in total. The lowest BCUT2D eigenvalue weighted by Gasteiger charge is -2.31. The summed E-state index contributed by atoms with van der Waals surface area (Å²) in [6, 6.07) is 12.3. The van der Waals surface area contributed by atoms with Gasteiger partial charge in [-0.2, -0.15) is 0 Å². The van der Waals surface area contributed by atoms with Gasteiger partial charge >= 0.3 is 13.3 Å². The first-order valence-corrected chi connectivity index (χ1v) is 16.8. The van der Waals surface area contributed by atoms with Gasteiger partial charge in [0.2, 0.25) is 5.91 Å². The maximum atomic E-state index is 14.1. The molecule has 5 rings (SSSR count). The van der Waals surface area contributed by atoms with Gasteiger partial charge in [0.25, 0.3) is 5.91 Å². The molecule has 0 saturated carbocycles. The van der Waals surface area contributed by atoms with Crippen molar-refractivity contribution >= 4 is 30.4 Å². The van der Waals surface area contributed by atoms with E-state index in [1.165, 1.54) is 9.47 Å². The van der Waals surface area contributed by atoms with Crippen LogP contribution >= 0.6 is 7.60 Å². The highest BCUT2D eigenvalue weighted by Crippen LogP contribution is 2.48. The Balaban J connectivity index is 1.53. The van der Waals surface area contributed by atoms with Crippen LogP contribution in [0.5, 0.6) is 5.75 Å². The maximum Gasteiger partial charge on any atom is 0.332 e. The fourth-order valence-electron chi connectivity index (χ4n) is 6.15. The molecule has 3 aromatic rings. The summed E-state index contributed by atoms with van der Waals surface area (Å²) in [5.41, 5.74) is 2.82. The smallest absolute Gasteiger partial charge is 0.332 e. The van der Waals surface area contributed by atoms with E-state index in [0.717, 1.165) is 37.1 Å². The number of ether oxygens (including phenoxy) is 1. The van der Waals surface area contributed by atoms with Gasteiger partial charge in [-0.05, 0) is 87.5 Å². The quantitative estimate of drug-likeness (QED) is 0.236. The van der Waals surface area contributed by atoms with E-state index in [9.17, 15) is 18.9 Å². The number of hydrogen-bond donors (Lipinski definition) is 1. The number of carbonyl (C=O) groups is 2. The van der Waals surface area contributed by atoms with E-state index in [1.807, 2.05) is 30.3 Å². The number of nitrogens with one attached hydrogen (secondary N) is 1. The highest BCUT2D eigenvalue weighted by atomic mass is 31.2. The minimum atomic E-state index is -3.42. The van der Waals surface area contributed by atoms with Crippen molar-refractivity contribution in [2.75, 3.05) is 39.6 Å². The number of methoxy groups -OCH3 is 1. The average molecular weight is 613 g/mol. The Morgan fingerprint density at radius 1 is 0.930 bits per heavy atom. The van der Waals surface area contributed by atoms with Crippen molar-refractivity contribution in [3.8, 4) is 5.75 Å². The topological polar surface area (TPSA) is 121 Å². The van der Waals surface area contributed by atoms with Crippen LogP contribution in [0, 0.1) is 0 Å². The van der Waals surface area contributed by atoms with E-state index in [4.69, 9.17) is 13.8 Å². The zero-order chi connectivity index (χ0) is 30.6. The first-order valence-electron chi connectivity index (χ1n) is 15.1. The van der Waals surface area contributed by atoms with Crippen LogP contribution in [-0.2, 0) is 36.3 Å². The van der Waals surface area contributed by atoms with Crippen molar-refractivity contribution in [1.82, 2.24) is 19.4 Å². The minimum Gasteiger partial charge on any atom is -0.497 e. The third kappa shape index (κ3) is 6.65. The number of imidazole rings is 1. The number of imide groups is 1. The predicted molar refractivity (Wildman–Crippen MR) is 164 cm³/mol. The number of fused-ring (bicyclic) bond motifs is 1. The van der Waals surface area contributed by atoms with Gasteiger partial charge in [-0.1, -0.05) is 18.2 Å². The third-order valence-electron chi connectivity index (χ3n) is 8.34. The van der Waals surface area contributed by atoms with Crippen molar-refractivity contribution < 1.29 is 27.9 Å². The number of rotatable bonds is 12. The highest BCUT2D eigenvalue weighted by molar-refractivity contribution is 7.53. The minimum absolute atomic E-state index is 0.0198. The van der Waals surface area contributed by atoms with Gasteiger partial charge in [0.1, 0.15) is 11.8 Å². The molecule has 1 aromatic heterocycles. The monoisotopic (exact) mass is 612 g/mol. The molecule has 2 aliphatic rings. The van der Waals surface area contributed by atoms with E-state index in [-0.39, 0.29) is 56.9 Å². The molecule has 0 aliphatic carbocycles. The lowest BCUT2D eigenvalue weighted by molar-refractivity contribution is -0.151. The van der Waals surface area contributed by atoms with Gasteiger partial charge in [-0.15, -0.1) is 0 Å². The molecule has 3 heterocycles. The number of benzene rings is 2.